The van der Waals surface area contributed by atoms with Crippen LogP contribution >= 0.6 is 7.82 Å². The van der Waals surface area contributed by atoms with Crippen LogP contribution in [-0.2, 0) is 25.5 Å². The molecule has 0 aromatic heterocycles. The highest BCUT2D eigenvalue weighted by Gasteiger charge is 2.24. The molecule has 0 fully saturated rings. The van der Waals surface area contributed by atoms with Crippen molar-refractivity contribution in [2.24, 2.45) is 0 Å². The van der Waals surface area contributed by atoms with E-state index in [1.54, 1.807) is 42.5 Å². The largest absolute Gasteiger partial charge is 0.469 e. The third-order valence-corrected chi connectivity index (χ3v) is 5.17. The summed E-state index contributed by atoms with van der Waals surface area (Å²) in [4.78, 5) is 17.8. The van der Waals surface area contributed by atoms with Gasteiger partial charge in [0.05, 0.1) is 17.5 Å². The van der Waals surface area contributed by atoms with Crippen LogP contribution in [0.1, 0.15) is 5.56 Å². The van der Waals surface area contributed by atoms with Gasteiger partial charge in [-0.15, -0.1) is 0 Å². The molecule has 7 nitrogen and oxygen atoms in total. The molecule has 0 heterocycles. The van der Waals surface area contributed by atoms with Gasteiger partial charge in [0, 0.05) is 0 Å². The Hall–Kier alpha value is -1.54. The van der Waals surface area contributed by atoms with Gasteiger partial charge in [0.15, 0.2) is 0 Å². The van der Waals surface area contributed by atoms with Crippen LogP contribution in [0, 0.1) is 0 Å². The lowest BCUT2D eigenvalue weighted by Crippen LogP contribution is -2.39. The second kappa shape index (κ2) is 8.02. The molecule has 0 aliphatic heterocycles. The lowest BCUT2D eigenvalue weighted by molar-refractivity contribution is 0.182. The van der Waals surface area contributed by atoms with Crippen molar-refractivity contribution in [3.05, 3.63) is 66.2 Å². The van der Waals surface area contributed by atoms with Crippen molar-refractivity contribution < 1.29 is 27.3 Å². The number of phosphoric acid groups is 1. The number of rotatable bonds is 8. The van der Waals surface area contributed by atoms with Crippen molar-refractivity contribution in [2.45, 2.75) is 17.4 Å². The van der Waals surface area contributed by atoms with E-state index in [9.17, 15) is 13.0 Å². The first-order valence-electron chi connectivity index (χ1n) is 7.08. The molecule has 9 heteroatoms. The SMILES string of the molecule is O=P(O)(O)OCC(Cc1ccccc1)NS(=O)(=O)c1ccccc1. The minimum absolute atomic E-state index is 0.0687. The average Bonchev–Trinajstić information content (AvgIpc) is 2.53. The molecule has 0 aliphatic carbocycles. The van der Waals surface area contributed by atoms with Crippen molar-refractivity contribution >= 4 is 17.8 Å². The molecule has 130 valence electrons. The summed E-state index contributed by atoms with van der Waals surface area (Å²) in [5, 5.41) is 0. The van der Waals surface area contributed by atoms with Crippen LogP contribution in [0.5, 0.6) is 0 Å². The normalized spacial score (nSPS) is 13.6. The van der Waals surface area contributed by atoms with Crippen molar-refractivity contribution in [3.63, 3.8) is 0 Å². The first-order valence-corrected chi connectivity index (χ1v) is 10.1. The van der Waals surface area contributed by atoms with Gasteiger partial charge in [-0.25, -0.2) is 17.7 Å². The number of sulfonamides is 1. The number of hydrogen-bond acceptors (Lipinski definition) is 4. The number of benzene rings is 2. The molecular formula is C15H18NO6PS. The van der Waals surface area contributed by atoms with Gasteiger partial charge in [0.1, 0.15) is 0 Å². The standard InChI is InChI=1S/C15H18NO6PS/c17-23(18,19)22-12-14(11-13-7-3-1-4-8-13)16-24(20,21)15-9-5-2-6-10-15/h1-10,14,16H,11-12H2,(H2,17,18,19). The highest BCUT2D eigenvalue weighted by atomic mass is 32.2. The summed E-state index contributed by atoms with van der Waals surface area (Å²) in [6.07, 6.45) is 0.229. The predicted octanol–water partition coefficient (Wildman–Crippen LogP) is 1.69. The minimum Gasteiger partial charge on any atom is -0.303 e. The Morgan fingerprint density at radius 2 is 1.54 bits per heavy atom. The van der Waals surface area contributed by atoms with Crippen LogP contribution in [-0.4, -0.2) is 30.9 Å². The average molecular weight is 371 g/mol. The maximum absolute atomic E-state index is 12.4. The molecule has 0 aliphatic rings. The van der Waals surface area contributed by atoms with Crippen LogP contribution in [0.25, 0.3) is 0 Å². The van der Waals surface area contributed by atoms with E-state index in [1.165, 1.54) is 12.1 Å². The second-order valence-corrected chi connectivity index (χ2v) is 8.06. The van der Waals surface area contributed by atoms with Gasteiger partial charge >= 0.3 is 7.82 Å². The molecule has 24 heavy (non-hydrogen) atoms. The van der Waals surface area contributed by atoms with Gasteiger partial charge in [-0.2, -0.15) is 0 Å². The fourth-order valence-electron chi connectivity index (χ4n) is 2.11. The lowest BCUT2D eigenvalue weighted by atomic mass is 10.1. The van der Waals surface area contributed by atoms with Crippen molar-refractivity contribution in [1.82, 2.24) is 4.72 Å². The first kappa shape index (κ1) is 18.8. The first-order chi connectivity index (χ1) is 11.3. The predicted molar refractivity (Wildman–Crippen MR) is 88.7 cm³/mol. The van der Waals surface area contributed by atoms with E-state index in [0.29, 0.717) is 0 Å². The third-order valence-electron chi connectivity index (χ3n) is 3.14. The van der Waals surface area contributed by atoms with E-state index in [2.05, 4.69) is 9.25 Å². The van der Waals surface area contributed by atoms with Crippen LogP contribution in [0.15, 0.2) is 65.6 Å². The summed E-state index contributed by atoms with van der Waals surface area (Å²) >= 11 is 0. The summed E-state index contributed by atoms with van der Waals surface area (Å²) in [5.74, 6) is 0. The fraction of sp³-hybridized carbons (Fsp3) is 0.200. The Kier molecular flexibility index (Phi) is 6.28. The number of nitrogens with one attached hydrogen (secondary N) is 1. The van der Waals surface area contributed by atoms with Gasteiger partial charge in [-0.1, -0.05) is 48.5 Å². The summed E-state index contributed by atoms with van der Waals surface area (Å²) in [6, 6.07) is 15.9. The molecule has 2 aromatic rings. The second-order valence-electron chi connectivity index (χ2n) is 5.11. The molecule has 1 atom stereocenters. The quantitative estimate of drug-likeness (QED) is 0.609. The zero-order valence-corrected chi connectivity index (χ0v) is 14.4. The van der Waals surface area contributed by atoms with E-state index < -0.39 is 30.5 Å². The molecular weight excluding hydrogens is 353 g/mol. The molecule has 0 saturated heterocycles. The zero-order valence-electron chi connectivity index (χ0n) is 12.6. The molecule has 0 amide bonds. The zero-order chi connectivity index (χ0) is 17.6. The molecule has 2 aromatic carbocycles. The van der Waals surface area contributed by atoms with Crippen LogP contribution in [0.3, 0.4) is 0 Å². The Labute approximate surface area is 140 Å². The number of hydrogen-bond donors (Lipinski definition) is 3. The smallest absolute Gasteiger partial charge is 0.303 e. The van der Waals surface area contributed by atoms with Gasteiger partial charge in [-0.3, -0.25) is 4.52 Å². The van der Waals surface area contributed by atoms with Gasteiger partial charge < -0.3 is 9.79 Å². The van der Waals surface area contributed by atoms with Crippen molar-refractivity contribution in [3.8, 4) is 0 Å². The summed E-state index contributed by atoms with van der Waals surface area (Å²) < 4.78 is 42.6. The lowest BCUT2D eigenvalue weighted by Gasteiger charge is -2.19. The van der Waals surface area contributed by atoms with E-state index in [0.717, 1.165) is 5.56 Å². The van der Waals surface area contributed by atoms with Gasteiger partial charge in [0.2, 0.25) is 10.0 Å². The maximum atomic E-state index is 12.4. The van der Waals surface area contributed by atoms with E-state index >= 15 is 0 Å². The molecule has 0 bridgehead atoms. The topological polar surface area (TPSA) is 113 Å². The maximum Gasteiger partial charge on any atom is 0.469 e. The van der Waals surface area contributed by atoms with Crippen molar-refractivity contribution in [2.75, 3.05) is 6.61 Å². The summed E-state index contributed by atoms with van der Waals surface area (Å²) in [7, 11) is -8.53. The highest BCUT2D eigenvalue weighted by molar-refractivity contribution is 7.89. The Morgan fingerprint density at radius 1 is 1.00 bits per heavy atom. The summed E-state index contributed by atoms with van der Waals surface area (Å²) in [6.45, 7) is -0.453. The molecule has 1 unspecified atom stereocenters. The Morgan fingerprint density at radius 3 is 2.08 bits per heavy atom. The van der Waals surface area contributed by atoms with Gasteiger partial charge in [-0.05, 0) is 24.1 Å². The molecule has 2 rings (SSSR count). The molecule has 0 radical (unpaired) electrons. The van der Waals surface area contributed by atoms with Crippen molar-refractivity contribution in [1.29, 1.82) is 0 Å². The monoisotopic (exact) mass is 371 g/mol. The fourth-order valence-corrected chi connectivity index (χ4v) is 3.72. The van der Waals surface area contributed by atoms with Crippen LogP contribution in [0.2, 0.25) is 0 Å². The van der Waals surface area contributed by atoms with Crippen LogP contribution in [0.4, 0.5) is 0 Å². The molecule has 0 spiro atoms. The van der Waals surface area contributed by atoms with Crippen LogP contribution < -0.4 is 4.72 Å². The molecule has 0 saturated carbocycles. The Bertz CT molecular complexity index is 791. The van der Waals surface area contributed by atoms with E-state index in [-0.39, 0.29) is 11.3 Å². The minimum atomic E-state index is -4.70. The highest BCUT2D eigenvalue weighted by Crippen LogP contribution is 2.35. The Balaban J connectivity index is 2.17. The third kappa shape index (κ3) is 6.16. The van der Waals surface area contributed by atoms with E-state index in [1.807, 2.05) is 6.07 Å². The summed E-state index contributed by atoms with van der Waals surface area (Å²) in [5.41, 5.74) is 0.813. The molecule has 3 N–H and O–H groups in total. The van der Waals surface area contributed by atoms with E-state index in [4.69, 9.17) is 9.79 Å². The number of phosphoric ester groups is 1. The van der Waals surface area contributed by atoms with Gasteiger partial charge in [0.25, 0.3) is 0 Å².